The zero-order valence-corrected chi connectivity index (χ0v) is 15.1. The van der Waals surface area contributed by atoms with Gasteiger partial charge in [-0.15, -0.1) is 0 Å². The van der Waals surface area contributed by atoms with E-state index in [-0.39, 0.29) is 0 Å². The van der Waals surface area contributed by atoms with Gasteiger partial charge in [0.2, 0.25) is 0 Å². The lowest BCUT2D eigenvalue weighted by Crippen LogP contribution is -2.07. The number of hydrogen-bond donors (Lipinski definition) is 0. The normalized spacial score (nSPS) is 14.0. The topological polar surface area (TPSA) is 34.1 Å². The number of rotatable bonds is 8. The lowest BCUT2D eigenvalue weighted by atomic mass is 9.83. The second-order valence-electron chi connectivity index (χ2n) is 7.13. The number of hydrogen-bond acceptors (Lipinski definition) is 2. The molecule has 0 amide bonds. The molecule has 0 bridgehead atoms. The largest absolute Gasteiger partial charge is 0.298 e. The van der Waals surface area contributed by atoms with Crippen LogP contribution in [0.1, 0.15) is 83.7 Å². The van der Waals surface area contributed by atoms with E-state index < -0.39 is 0 Å². The molecule has 2 heteroatoms. The van der Waals surface area contributed by atoms with Gasteiger partial charge in [0, 0.05) is 17.0 Å². The summed E-state index contributed by atoms with van der Waals surface area (Å²) in [6, 6.07) is 12.0. The first-order valence-electron chi connectivity index (χ1n) is 9.40. The van der Waals surface area contributed by atoms with Crippen molar-refractivity contribution in [3.05, 3.63) is 58.7 Å². The molecule has 0 heterocycles. The molecule has 1 unspecified atom stereocenters. The molecule has 0 N–H and O–H groups in total. The summed E-state index contributed by atoms with van der Waals surface area (Å²) in [6.45, 7) is 4.52. The van der Waals surface area contributed by atoms with E-state index in [1.54, 1.807) is 0 Å². The first-order chi connectivity index (χ1) is 12.2. The smallest absolute Gasteiger partial charge is 0.150 e. The number of carbonyl (C=O) groups is 2. The first kappa shape index (κ1) is 17.6. The number of fused-ring (bicyclic) bond motifs is 3. The minimum absolute atomic E-state index is 0.369. The molecule has 0 saturated heterocycles. The van der Waals surface area contributed by atoms with E-state index in [2.05, 4.69) is 26.0 Å². The van der Waals surface area contributed by atoms with Gasteiger partial charge in [0.1, 0.15) is 12.6 Å². The minimum atomic E-state index is 0.369. The Morgan fingerprint density at radius 1 is 0.920 bits per heavy atom. The fraction of sp³-hybridized carbons (Fsp3) is 0.391. The number of benzene rings is 2. The summed E-state index contributed by atoms with van der Waals surface area (Å²) in [6.07, 6.45) is 7.91. The predicted molar refractivity (Wildman–Crippen MR) is 102 cm³/mol. The highest BCUT2D eigenvalue weighted by Gasteiger charge is 2.30. The van der Waals surface area contributed by atoms with Crippen molar-refractivity contribution in [1.82, 2.24) is 0 Å². The van der Waals surface area contributed by atoms with Crippen LogP contribution < -0.4 is 0 Å². The second-order valence-corrected chi connectivity index (χ2v) is 7.13. The third kappa shape index (κ3) is 3.44. The highest BCUT2D eigenvalue weighted by molar-refractivity contribution is 5.88. The molecule has 0 radical (unpaired) electrons. The van der Waals surface area contributed by atoms with Crippen LogP contribution in [0.15, 0.2) is 36.4 Å². The van der Waals surface area contributed by atoms with Crippen molar-refractivity contribution in [2.45, 2.75) is 51.9 Å². The summed E-state index contributed by atoms with van der Waals surface area (Å²) >= 11 is 0. The SMILES string of the molecule is CCCCC(CC)CC1c2ccc(C=O)cc2-c2cc(C=O)ccc21. The van der Waals surface area contributed by atoms with Gasteiger partial charge < -0.3 is 0 Å². The summed E-state index contributed by atoms with van der Waals surface area (Å²) in [7, 11) is 0. The Hall–Kier alpha value is -2.22. The Bertz CT molecular complexity index is 718. The lowest BCUT2D eigenvalue weighted by molar-refractivity contribution is 0.111. The van der Waals surface area contributed by atoms with E-state index >= 15 is 0 Å². The van der Waals surface area contributed by atoms with Crippen LogP contribution in [-0.2, 0) is 0 Å². The van der Waals surface area contributed by atoms with Crippen LogP contribution in [0.25, 0.3) is 11.1 Å². The molecule has 0 aliphatic heterocycles. The highest BCUT2D eigenvalue weighted by atomic mass is 16.1. The molecule has 25 heavy (non-hydrogen) atoms. The van der Waals surface area contributed by atoms with E-state index in [1.807, 2.05) is 24.3 Å². The van der Waals surface area contributed by atoms with Crippen molar-refractivity contribution in [1.29, 1.82) is 0 Å². The van der Waals surface area contributed by atoms with Crippen molar-refractivity contribution >= 4 is 12.6 Å². The maximum atomic E-state index is 11.2. The van der Waals surface area contributed by atoms with Crippen LogP contribution in [0.2, 0.25) is 0 Å². The average molecular weight is 334 g/mol. The lowest BCUT2D eigenvalue weighted by Gasteiger charge is -2.21. The zero-order chi connectivity index (χ0) is 17.8. The Balaban J connectivity index is 2.03. The van der Waals surface area contributed by atoms with Crippen molar-refractivity contribution in [3.63, 3.8) is 0 Å². The van der Waals surface area contributed by atoms with Crippen LogP contribution >= 0.6 is 0 Å². The number of carbonyl (C=O) groups excluding carboxylic acids is 2. The van der Waals surface area contributed by atoms with Gasteiger partial charge in [-0.3, -0.25) is 9.59 Å². The molecular weight excluding hydrogens is 308 g/mol. The molecule has 0 fully saturated rings. The summed E-state index contributed by atoms with van der Waals surface area (Å²) < 4.78 is 0. The summed E-state index contributed by atoms with van der Waals surface area (Å²) in [5, 5.41) is 0. The van der Waals surface area contributed by atoms with Gasteiger partial charge in [0.15, 0.2) is 0 Å². The van der Waals surface area contributed by atoms with E-state index in [0.717, 1.165) is 30.1 Å². The average Bonchev–Trinajstić information content (AvgIpc) is 2.97. The Kier molecular flexibility index (Phi) is 5.47. The third-order valence-corrected chi connectivity index (χ3v) is 5.58. The van der Waals surface area contributed by atoms with Crippen molar-refractivity contribution < 1.29 is 9.59 Å². The van der Waals surface area contributed by atoms with Crippen molar-refractivity contribution in [2.24, 2.45) is 5.92 Å². The molecule has 2 aromatic rings. The number of aldehydes is 2. The minimum Gasteiger partial charge on any atom is -0.298 e. The molecule has 1 aliphatic carbocycles. The van der Waals surface area contributed by atoms with Gasteiger partial charge in [0.25, 0.3) is 0 Å². The summed E-state index contributed by atoms with van der Waals surface area (Å²) in [5.74, 6) is 1.08. The zero-order valence-electron chi connectivity index (χ0n) is 15.1. The van der Waals surface area contributed by atoms with Crippen LogP contribution in [0.5, 0.6) is 0 Å². The van der Waals surface area contributed by atoms with Crippen LogP contribution in [-0.4, -0.2) is 12.6 Å². The predicted octanol–water partition coefficient (Wildman–Crippen LogP) is 6.03. The second kappa shape index (κ2) is 7.77. The van der Waals surface area contributed by atoms with E-state index in [0.29, 0.717) is 23.0 Å². The Morgan fingerprint density at radius 3 is 1.92 bits per heavy atom. The summed E-state index contributed by atoms with van der Waals surface area (Å²) in [5.41, 5.74) is 6.24. The van der Waals surface area contributed by atoms with E-state index in [1.165, 1.54) is 36.8 Å². The third-order valence-electron chi connectivity index (χ3n) is 5.58. The molecular formula is C23H26O2. The van der Waals surface area contributed by atoms with Gasteiger partial charge in [0.05, 0.1) is 0 Å². The fourth-order valence-electron chi connectivity index (χ4n) is 4.10. The Morgan fingerprint density at radius 2 is 1.48 bits per heavy atom. The molecule has 0 saturated carbocycles. The van der Waals surface area contributed by atoms with Crippen LogP contribution in [0.4, 0.5) is 0 Å². The molecule has 3 rings (SSSR count). The number of unbranched alkanes of at least 4 members (excludes halogenated alkanes) is 1. The highest BCUT2D eigenvalue weighted by Crippen LogP contribution is 2.48. The van der Waals surface area contributed by atoms with Crippen molar-refractivity contribution in [2.75, 3.05) is 0 Å². The maximum absolute atomic E-state index is 11.2. The summed E-state index contributed by atoms with van der Waals surface area (Å²) in [4.78, 5) is 22.4. The molecule has 2 aromatic carbocycles. The van der Waals surface area contributed by atoms with Gasteiger partial charge in [-0.1, -0.05) is 63.8 Å². The molecule has 0 aromatic heterocycles. The molecule has 1 atom stereocenters. The quantitative estimate of drug-likeness (QED) is 0.552. The van der Waals surface area contributed by atoms with Gasteiger partial charge >= 0.3 is 0 Å². The van der Waals surface area contributed by atoms with E-state index in [9.17, 15) is 9.59 Å². The molecule has 2 nitrogen and oxygen atoms in total. The molecule has 0 spiro atoms. The van der Waals surface area contributed by atoms with Gasteiger partial charge in [-0.05, 0) is 46.7 Å². The van der Waals surface area contributed by atoms with Crippen LogP contribution in [0, 0.1) is 5.92 Å². The molecule has 1 aliphatic rings. The first-order valence-corrected chi connectivity index (χ1v) is 9.40. The van der Waals surface area contributed by atoms with Crippen molar-refractivity contribution in [3.8, 4) is 11.1 Å². The van der Waals surface area contributed by atoms with Gasteiger partial charge in [-0.25, -0.2) is 0 Å². The Labute approximate surface area is 150 Å². The van der Waals surface area contributed by atoms with Gasteiger partial charge in [-0.2, -0.15) is 0 Å². The maximum Gasteiger partial charge on any atom is 0.150 e. The molecule has 130 valence electrons. The van der Waals surface area contributed by atoms with Crippen LogP contribution in [0.3, 0.4) is 0 Å². The fourth-order valence-corrected chi connectivity index (χ4v) is 4.10. The van der Waals surface area contributed by atoms with E-state index in [4.69, 9.17) is 0 Å². The standard InChI is InChI=1S/C23H26O2/c1-3-5-6-16(4-2)11-21-19-9-7-17(14-24)12-22(19)23-13-18(15-25)8-10-20(21)23/h7-10,12-16,21H,3-6,11H2,1-2H3. The monoisotopic (exact) mass is 334 g/mol.